The van der Waals surface area contributed by atoms with Crippen molar-refractivity contribution in [2.45, 2.75) is 63.2 Å². The highest BCUT2D eigenvalue weighted by Gasteiger charge is 2.38. The van der Waals surface area contributed by atoms with Crippen LogP contribution in [0.1, 0.15) is 67.0 Å². The first kappa shape index (κ1) is 35.3. The number of benzene rings is 3. The Balaban J connectivity index is 0.000000404. The van der Waals surface area contributed by atoms with E-state index in [1.807, 2.05) is 55.5 Å². The zero-order valence-corrected chi connectivity index (χ0v) is 26.0. The van der Waals surface area contributed by atoms with Crippen molar-refractivity contribution in [3.05, 3.63) is 101 Å². The lowest BCUT2D eigenvalue weighted by Gasteiger charge is -2.41. The van der Waals surface area contributed by atoms with Gasteiger partial charge in [0.05, 0.1) is 38.0 Å². The normalized spacial score (nSPS) is 15.8. The second-order valence-corrected chi connectivity index (χ2v) is 13.0. The molecule has 2 unspecified atom stereocenters. The Morgan fingerprint density at radius 3 is 2.05 bits per heavy atom. The number of hydrogen-bond acceptors (Lipinski definition) is 7. The van der Waals surface area contributed by atoms with Crippen LogP contribution >= 0.6 is 0 Å². The number of nitrogens with zero attached hydrogens (tertiary/aromatic N) is 1. The molecule has 44 heavy (non-hydrogen) atoms. The molecule has 11 heteroatoms. The van der Waals surface area contributed by atoms with Crippen molar-refractivity contribution in [2.75, 3.05) is 30.9 Å². The number of rotatable bonds is 14. The molecule has 0 aromatic heterocycles. The summed E-state index contributed by atoms with van der Waals surface area (Å²) >= 11 is 0. The molecule has 0 saturated carbocycles. The van der Waals surface area contributed by atoms with Crippen molar-refractivity contribution in [2.24, 2.45) is 0 Å². The van der Waals surface area contributed by atoms with Crippen LogP contribution in [0.25, 0.3) is 0 Å². The molecule has 240 valence electrons. The highest BCUT2D eigenvalue weighted by Crippen LogP contribution is 2.39. The van der Waals surface area contributed by atoms with E-state index in [1.165, 1.54) is 12.1 Å². The molecule has 1 amide bonds. The van der Waals surface area contributed by atoms with Crippen molar-refractivity contribution in [3.8, 4) is 0 Å². The fraction of sp³-hybridized carbons (Fsp3) is 0.424. The molecular formula is C33H43FN2O7S. The van der Waals surface area contributed by atoms with E-state index in [-0.39, 0.29) is 24.2 Å². The second-order valence-electron chi connectivity index (χ2n) is 11.2. The van der Waals surface area contributed by atoms with E-state index in [9.17, 15) is 38.0 Å². The van der Waals surface area contributed by atoms with Gasteiger partial charge in [-0.15, -0.1) is 0 Å². The van der Waals surface area contributed by atoms with E-state index in [0.29, 0.717) is 32.2 Å². The maximum atomic E-state index is 12.4. The van der Waals surface area contributed by atoms with Gasteiger partial charge in [-0.25, -0.2) is 17.5 Å². The van der Waals surface area contributed by atoms with Gasteiger partial charge in [0.25, 0.3) is 0 Å². The van der Waals surface area contributed by atoms with Gasteiger partial charge in [-0.3, -0.25) is 4.79 Å². The summed E-state index contributed by atoms with van der Waals surface area (Å²) in [4.78, 5) is 14.1. The number of aliphatic hydroxyl groups is 4. The summed E-state index contributed by atoms with van der Waals surface area (Å²) in [5.74, 6) is -0.206. The summed E-state index contributed by atoms with van der Waals surface area (Å²) < 4.78 is 37.1. The lowest BCUT2D eigenvalue weighted by molar-refractivity contribution is -0.124. The number of anilines is 1. The van der Waals surface area contributed by atoms with Crippen LogP contribution in [-0.4, -0.2) is 66.4 Å². The molecule has 2 atom stereocenters. The molecule has 3 aromatic rings. The van der Waals surface area contributed by atoms with Gasteiger partial charge >= 0.3 is 0 Å². The highest BCUT2D eigenvalue weighted by molar-refractivity contribution is 7.88. The molecule has 0 radical (unpaired) electrons. The number of carbonyl (C=O) groups excluding carboxylic acids is 1. The third-order valence-electron chi connectivity index (χ3n) is 7.64. The molecule has 9 nitrogen and oxygen atoms in total. The van der Waals surface area contributed by atoms with Gasteiger partial charge < -0.3 is 25.3 Å². The average molecular weight is 631 g/mol. The molecule has 1 aliphatic rings. The average Bonchev–Trinajstić information content (AvgIpc) is 3.01. The van der Waals surface area contributed by atoms with Gasteiger partial charge in [-0.1, -0.05) is 55.5 Å². The molecule has 1 aliphatic heterocycles. The molecule has 0 aliphatic carbocycles. The topological polar surface area (TPSA) is 147 Å². The molecule has 1 saturated heterocycles. The molecule has 1 heterocycles. The summed E-state index contributed by atoms with van der Waals surface area (Å²) in [6.45, 7) is 1.30. The minimum absolute atomic E-state index is 0.0387. The van der Waals surface area contributed by atoms with Crippen LogP contribution in [0.3, 0.4) is 0 Å². The number of β-lactam (4-membered cyclic amide) rings is 1. The highest BCUT2D eigenvalue weighted by atomic mass is 32.2. The second kappa shape index (κ2) is 16.2. The molecule has 0 bridgehead atoms. The summed E-state index contributed by atoms with van der Waals surface area (Å²) in [6, 6.07) is 21.5. The van der Waals surface area contributed by atoms with E-state index < -0.39 is 34.9 Å². The smallest absolute Gasteiger partial charge is 0.230 e. The molecule has 3 aromatic carbocycles. The first-order valence-corrected chi connectivity index (χ1v) is 16.6. The van der Waals surface area contributed by atoms with Crippen LogP contribution < -0.4 is 9.62 Å². The Bertz CT molecular complexity index is 1430. The van der Waals surface area contributed by atoms with Crippen LogP contribution in [-0.2, 0) is 27.7 Å². The zero-order valence-electron chi connectivity index (χ0n) is 25.2. The molecular weight excluding hydrogens is 587 g/mol. The summed E-state index contributed by atoms with van der Waals surface area (Å²) in [5, 5.41) is 37.7. The molecule has 0 spiro atoms. The lowest BCUT2D eigenvalue weighted by Crippen LogP contribution is -2.46. The third-order valence-corrected chi connectivity index (χ3v) is 8.37. The van der Waals surface area contributed by atoms with E-state index in [4.69, 9.17) is 0 Å². The Morgan fingerprint density at radius 1 is 0.955 bits per heavy atom. The Kier molecular flexibility index (Phi) is 13.0. The summed E-state index contributed by atoms with van der Waals surface area (Å²) in [5.41, 5.74) is 3.20. The quantitative estimate of drug-likeness (QED) is 0.135. The van der Waals surface area contributed by atoms with Crippen molar-refractivity contribution in [3.63, 3.8) is 0 Å². The zero-order chi connectivity index (χ0) is 32.3. The number of aliphatic hydroxyl groups excluding tert-OH is 3. The molecule has 5 N–H and O–H groups in total. The van der Waals surface area contributed by atoms with Gasteiger partial charge in [0, 0.05) is 12.2 Å². The standard InChI is InChI=1S/C24H32N2O6S.C9H11FO/c1-33(31,32)25-14-2-3-18-6-10-21(11-7-18)26-22(15-23(26)29)20-8-4-19(5-9-20)12-13-24(30,16-27)17-28;1-2-9(11)7-3-5-8(10)6-4-7/h4-11,22,25,27-28,30H,2-3,12-17H2,1H3;3-6,9,11H,2H2,1H3. The van der Waals surface area contributed by atoms with E-state index >= 15 is 0 Å². The largest absolute Gasteiger partial charge is 0.393 e. The fourth-order valence-corrected chi connectivity index (χ4v) is 5.31. The number of nitrogens with one attached hydrogen (secondary N) is 1. The lowest BCUT2D eigenvalue weighted by atomic mass is 9.91. The van der Waals surface area contributed by atoms with Gasteiger partial charge in [0.2, 0.25) is 15.9 Å². The summed E-state index contributed by atoms with van der Waals surface area (Å²) in [7, 11) is -3.17. The number of carbonyl (C=O) groups is 1. The number of hydrogen-bond donors (Lipinski definition) is 5. The van der Waals surface area contributed by atoms with Gasteiger partial charge in [0.1, 0.15) is 11.4 Å². The monoisotopic (exact) mass is 630 g/mol. The van der Waals surface area contributed by atoms with Crippen molar-refractivity contribution < 1.29 is 38.0 Å². The summed E-state index contributed by atoms with van der Waals surface area (Å²) in [6.07, 6.45) is 3.98. The fourth-order valence-electron chi connectivity index (χ4n) is 4.79. The maximum absolute atomic E-state index is 12.4. The van der Waals surface area contributed by atoms with Crippen LogP contribution in [0.4, 0.5) is 10.1 Å². The maximum Gasteiger partial charge on any atom is 0.230 e. The minimum atomic E-state index is -3.17. The van der Waals surface area contributed by atoms with Crippen molar-refractivity contribution in [1.82, 2.24) is 4.72 Å². The van der Waals surface area contributed by atoms with Crippen LogP contribution in [0.2, 0.25) is 0 Å². The molecule has 4 rings (SSSR count). The van der Waals surface area contributed by atoms with Crippen LogP contribution in [0, 0.1) is 5.82 Å². The predicted octanol–water partition coefficient (Wildman–Crippen LogP) is 3.56. The van der Waals surface area contributed by atoms with E-state index in [2.05, 4.69) is 4.72 Å². The van der Waals surface area contributed by atoms with Crippen LogP contribution in [0.15, 0.2) is 72.8 Å². The molecule has 1 fully saturated rings. The number of aryl methyl sites for hydroxylation is 2. The Labute approximate surface area is 259 Å². The van der Waals surface area contributed by atoms with E-state index in [1.54, 1.807) is 17.0 Å². The van der Waals surface area contributed by atoms with Gasteiger partial charge in [-0.2, -0.15) is 0 Å². The first-order chi connectivity index (χ1) is 20.9. The van der Waals surface area contributed by atoms with Crippen molar-refractivity contribution >= 4 is 21.6 Å². The predicted molar refractivity (Wildman–Crippen MR) is 168 cm³/mol. The van der Waals surface area contributed by atoms with Gasteiger partial charge in [-0.05, 0) is 78.6 Å². The van der Waals surface area contributed by atoms with E-state index in [0.717, 1.165) is 40.6 Å². The third kappa shape index (κ3) is 10.5. The number of amides is 1. The Hall–Kier alpha value is -3.19. The Morgan fingerprint density at radius 2 is 1.52 bits per heavy atom. The first-order valence-electron chi connectivity index (χ1n) is 14.7. The number of sulfonamides is 1. The number of halogens is 1. The SMILES string of the molecule is CCC(O)c1ccc(F)cc1.CS(=O)(=O)NCCCc1ccc(N2C(=O)CC2c2ccc(CCC(O)(CO)CO)cc2)cc1. The van der Waals surface area contributed by atoms with Crippen LogP contribution in [0.5, 0.6) is 0 Å². The van der Waals surface area contributed by atoms with Gasteiger partial charge in [0.15, 0.2) is 0 Å². The minimum Gasteiger partial charge on any atom is -0.393 e. The van der Waals surface area contributed by atoms with Crippen molar-refractivity contribution in [1.29, 1.82) is 0 Å².